The van der Waals surface area contributed by atoms with Crippen molar-refractivity contribution in [2.24, 2.45) is 0 Å². The summed E-state index contributed by atoms with van der Waals surface area (Å²) in [5.41, 5.74) is 4.66. The zero-order valence-electron chi connectivity index (χ0n) is 18.4. The number of amides is 3. The molecule has 0 saturated carbocycles. The maximum Gasteiger partial charge on any atom is 0.325 e. The number of aryl methyl sites for hydroxylation is 3. The summed E-state index contributed by atoms with van der Waals surface area (Å²) in [7, 11) is 0. The van der Waals surface area contributed by atoms with E-state index in [9.17, 15) is 9.59 Å². The lowest BCUT2D eigenvalue weighted by atomic mass is 10.1. The molecule has 0 unspecified atom stereocenters. The van der Waals surface area contributed by atoms with Gasteiger partial charge in [0.15, 0.2) is 5.82 Å². The number of thioether (sulfide) groups is 1. The number of nitrogen functional groups attached to an aromatic ring is 1. The number of urea groups is 1. The lowest BCUT2D eigenvalue weighted by Gasteiger charge is -2.11. The minimum Gasteiger partial charge on any atom is -0.485 e. The van der Waals surface area contributed by atoms with E-state index in [1.807, 2.05) is 58.0 Å². The van der Waals surface area contributed by atoms with Crippen LogP contribution < -0.4 is 21.2 Å². The van der Waals surface area contributed by atoms with E-state index in [-0.39, 0.29) is 12.4 Å². The van der Waals surface area contributed by atoms with Crippen LogP contribution in [0.4, 0.5) is 10.5 Å². The number of hydrogen-bond donors (Lipinski definition) is 3. The predicted octanol–water partition coefficient (Wildman–Crippen LogP) is 3.24. The number of benzene rings is 2. The second-order valence-corrected chi connectivity index (χ2v) is 8.26. The summed E-state index contributed by atoms with van der Waals surface area (Å²) >= 11 is 1.07. The van der Waals surface area contributed by atoms with Crippen LogP contribution in [0.25, 0.3) is 0 Å². The van der Waals surface area contributed by atoms with Crippen molar-refractivity contribution in [1.29, 1.82) is 0 Å². The number of hydrogen-bond acceptors (Lipinski definition) is 7. The van der Waals surface area contributed by atoms with Gasteiger partial charge in [0, 0.05) is 5.69 Å². The van der Waals surface area contributed by atoms with Crippen LogP contribution in [0.5, 0.6) is 5.75 Å². The molecular formula is C22H26N6O3S. The first-order valence-corrected chi connectivity index (χ1v) is 10.9. The van der Waals surface area contributed by atoms with Gasteiger partial charge in [0.05, 0.1) is 5.75 Å². The lowest BCUT2D eigenvalue weighted by molar-refractivity contribution is -0.117. The van der Waals surface area contributed by atoms with Gasteiger partial charge in [-0.1, -0.05) is 42.1 Å². The minimum atomic E-state index is -0.596. The molecule has 0 aliphatic rings. The molecule has 0 fully saturated rings. The van der Waals surface area contributed by atoms with Crippen LogP contribution in [-0.2, 0) is 11.4 Å². The fourth-order valence-electron chi connectivity index (χ4n) is 3.00. The number of imide groups is 1. The normalized spacial score (nSPS) is 10.6. The van der Waals surface area contributed by atoms with Gasteiger partial charge in [0.1, 0.15) is 12.4 Å². The number of nitrogens with two attached hydrogens (primary N) is 1. The molecule has 1 aromatic heterocycles. The van der Waals surface area contributed by atoms with Crippen LogP contribution in [0.2, 0.25) is 0 Å². The summed E-state index contributed by atoms with van der Waals surface area (Å²) in [6.07, 6.45) is 0. The van der Waals surface area contributed by atoms with Crippen LogP contribution in [0, 0.1) is 27.7 Å². The fraction of sp³-hybridized carbons (Fsp3) is 0.273. The Morgan fingerprint density at radius 2 is 1.69 bits per heavy atom. The van der Waals surface area contributed by atoms with Crippen molar-refractivity contribution in [2.45, 2.75) is 39.5 Å². The van der Waals surface area contributed by atoms with Crippen LogP contribution in [0.1, 0.15) is 28.1 Å². The Balaban J connectivity index is 1.51. The number of nitrogens with zero attached hydrogens (tertiary/aromatic N) is 3. The maximum absolute atomic E-state index is 12.2. The van der Waals surface area contributed by atoms with Gasteiger partial charge in [-0.3, -0.25) is 10.1 Å². The summed E-state index contributed by atoms with van der Waals surface area (Å²) in [6, 6.07) is 10.9. The number of carbonyl (C=O) groups excluding carboxylic acids is 2. The average molecular weight is 455 g/mol. The first-order valence-electron chi connectivity index (χ1n) is 9.94. The van der Waals surface area contributed by atoms with Gasteiger partial charge in [0.2, 0.25) is 11.1 Å². The van der Waals surface area contributed by atoms with E-state index in [0.29, 0.717) is 16.7 Å². The number of ether oxygens (including phenoxy) is 1. The molecule has 2 aromatic carbocycles. The number of aromatic nitrogens is 3. The maximum atomic E-state index is 12.2. The molecule has 168 valence electrons. The molecule has 0 aliphatic heterocycles. The average Bonchev–Trinajstić information content (AvgIpc) is 3.09. The molecule has 0 saturated heterocycles. The zero-order chi connectivity index (χ0) is 23.3. The minimum absolute atomic E-state index is 0.0483. The Kier molecular flexibility index (Phi) is 7.37. The van der Waals surface area contributed by atoms with Gasteiger partial charge < -0.3 is 15.9 Å². The van der Waals surface area contributed by atoms with Crippen LogP contribution in [0.3, 0.4) is 0 Å². The molecule has 0 radical (unpaired) electrons. The van der Waals surface area contributed by atoms with Crippen molar-refractivity contribution in [3.63, 3.8) is 0 Å². The number of carbonyl (C=O) groups is 2. The Hall–Kier alpha value is -3.53. The first-order chi connectivity index (χ1) is 15.3. The summed E-state index contributed by atoms with van der Waals surface area (Å²) in [4.78, 5) is 24.3. The van der Waals surface area contributed by atoms with Crippen LogP contribution >= 0.6 is 11.8 Å². The molecule has 10 heteroatoms. The Morgan fingerprint density at radius 1 is 1.03 bits per heavy atom. The highest BCUT2D eigenvalue weighted by molar-refractivity contribution is 7.99. The summed E-state index contributed by atoms with van der Waals surface area (Å²) in [6.45, 7) is 7.92. The van der Waals surface area contributed by atoms with Crippen molar-refractivity contribution in [3.8, 4) is 5.75 Å². The molecule has 4 N–H and O–H groups in total. The third-order valence-corrected chi connectivity index (χ3v) is 5.87. The molecule has 9 nitrogen and oxygen atoms in total. The smallest absolute Gasteiger partial charge is 0.325 e. The largest absolute Gasteiger partial charge is 0.485 e. The number of rotatable bonds is 7. The van der Waals surface area contributed by atoms with Crippen LogP contribution in [0.15, 0.2) is 41.6 Å². The molecule has 3 aromatic rings. The first kappa shape index (κ1) is 23.1. The highest BCUT2D eigenvalue weighted by Gasteiger charge is 2.15. The molecule has 0 aliphatic carbocycles. The second kappa shape index (κ2) is 10.2. The van der Waals surface area contributed by atoms with Crippen LogP contribution in [-0.4, -0.2) is 32.6 Å². The van der Waals surface area contributed by atoms with E-state index in [4.69, 9.17) is 10.6 Å². The number of nitrogens with one attached hydrogen (secondary N) is 2. The monoisotopic (exact) mass is 454 g/mol. The van der Waals surface area contributed by atoms with E-state index in [0.717, 1.165) is 39.8 Å². The predicted molar refractivity (Wildman–Crippen MR) is 124 cm³/mol. The quantitative estimate of drug-likeness (QED) is 0.370. The molecule has 3 rings (SSSR count). The number of para-hydroxylation sites is 1. The van der Waals surface area contributed by atoms with Crippen molar-refractivity contribution >= 4 is 29.4 Å². The highest BCUT2D eigenvalue weighted by Crippen LogP contribution is 2.23. The Bertz CT molecular complexity index is 1120. The van der Waals surface area contributed by atoms with E-state index >= 15 is 0 Å². The van der Waals surface area contributed by atoms with Crippen molar-refractivity contribution in [2.75, 3.05) is 16.9 Å². The molecule has 0 atom stereocenters. The Morgan fingerprint density at radius 3 is 2.41 bits per heavy atom. The molecule has 0 spiro atoms. The van der Waals surface area contributed by atoms with Gasteiger partial charge in [-0.2, -0.15) is 0 Å². The topological polar surface area (TPSA) is 124 Å². The molecular weight excluding hydrogens is 428 g/mol. The van der Waals surface area contributed by atoms with E-state index in [1.165, 1.54) is 4.68 Å². The van der Waals surface area contributed by atoms with Gasteiger partial charge in [-0.15, -0.1) is 10.2 Å². The van der Waals surface area contributed by atoms with E-state index in [2.05, 4.69) is 20.8 Å². The van der Waals surface area contributed by atoms with Crippen molar-refractivity contribution < 1.29 is 14.3 Å². The third kappa shape index (κ3) is 5.58. The zero-order valence-corrected chi connectivity index (χ0v) is 19.2. The number of anilines is 1. The van der Waals surface area contributed by atoms with Crippen molar-refractivity contribution in [1.82, 2.24) is 20.2 Å². The third-order valence-electron chi connectivity index (χ3n) is 4.93. The van der Waals surface area contributed by atoms with Gasteiger partial charge in [-0.05, 0) is 56.0 Å². The van der Waals surface area contributed by atoms with Gasteiger partial charge in [0.25, 0.3) is 0 Å². The lowest BCUT2D eigenvalue weighted by Crippen LogP contribution is -2.35. The molecule has 0 bridgehead atoms. The van der Waals surface area contributed by atoms with E-state index < -0.39 is 11.9 Å². The summed E-state index contributed by atoms with van der Waals surface area (Å²) in [5, 5.41) is 13.4. The summed E-state index contributed by atoms with van der Waals surface area (Å²) in [5.74, 6) is 6.71. The standard InChI is InChI=1S/C22H26N6O3S/c1-13-7-6-10-17(16(13)4)24-21(30)25-19(29)12-32-22-27-26-18(28(22)23)11-31-20-14(2)8-5-9-15(20)3/h5-10H,11-12,23H2,1-4H3,(H2,24,25,29,30). The van der Waals surface area contributed by atoms with Gasteiger partial charge >= 0.3 is 6.03 Å². The van der Waals surface area contributed by atoms with Crippen molar-refractivity contribution in [3.05, 3.63) is 64.5 Å². The molecule has 32 heavy (non-hydrogen) atoms. The second-order valence-electron chi connectivity index (χ2n) is 7.32. The SMILES string of the molecule is Cc1cccc(NC(=O)NC(=O)CSc2nnc(COc3c(C)cccc3C)n2N)c1C. The van der Waals surface area contributed by atoms with Gasteiger partial charge in [-0.25, -0.2) is 9.47 Å². The fourth-order valence-corrected chi connectivity index (χ4v) is 3.68. The molecule has 1 heterocycles. The van der Waals surface area contributed by atoms with E-state index in [1.54, 1.807) is 6.07 Å². The highest BCUT2D eigenvalue weighted by atomic mass is 32.2. The summed E-state index contributed by atoms with van der Waals surface area (Å²) < 4.78 is 7.14. The molecule has 3 amide bonds. The Labute approximate surface area is 190 Å².